The highest BCUT2D eigenvalue weighted by Gasteiger charge is 2.30. The molecule has 2 N–H and O–H groups in total. The Labute approximate surface area is 142 Å². The van der Waals surface area contributed by atoms with Crippen LogP contribution < -0.4 is 10.6 Å². The van der Waals surface area contributed by atoms with Gasteiger partial charge in [0.15, 0.2) is 0 Å². The highest BCUT2D eigenvalue weighted by atomic mass is 16.5. The molecule has 1 aliphatic heterocycles. The number of carbonyl (C=O) groups is 2. The maximum atomic E-state index is 12.3. The minimum Gasteiger partial charge on any atom is -0.376 e. The smallest absolute Gasteiger partial charge is 0.319 e. The van der Waals surface area contributed by atoms with Gasteiger partial charge in [0.25, 0.3) is 0 Å². The quantitative estimate of drug-likeness (QED) is 0.820. The molecular weight excluding hydrogens is 310 g/mol. The number of ether oxygens (including phenoxy) is 2. The van der Waals surface area contributed by atoms with E-state index in [4.69, 9.17) is 9.47 Å². The maximum Gasteiger partial charge on any atom is 0.319 e. The third-order valence-corrected chi connectivity index (χ3v) is 3.83. The number of carbonyl (C=O) groups excluding carboxylic acids is 2. The lowest BCUT2D eigenvalue weighted by Gasteiger charge is -2.20. The molecule has 0 radical (unpaired) electrons. The van der Waals surface area contributed by atoms with E-state index in [9.17, 15) is 9.59 Å². The Kier molecular flexibility index (Phi) is 6.57. The summed E-state index contributed by atoms with van der Waals surface area (Å²) in [7, 11) is 3.41. The SMILES string of the molecule is CCO[C@H]1COC[C@@H]1NC(=O)Nc1ccccc1CC(=O)N(C)C. The normalized spacial score (nSPS) is 19.8. The highest BCUT2D eigenvalue weighted by Crippen LogP contribution is 2.17. The number of nitrogens with one attached hydrogen (secondary N) is 2. The molecule has 0 saturated carbocycles. The zero-order valence-corrected chi connectivity index (χ0v) is 14.4. The van der Waals surface area contributed by atoms with Gasteiger partial charge in [-0.1, -0.05) is 18.2 Å². The largest absolute Gasteiger partial charge is 0.376 e. The molecule has 7 nitrogen and oxygen atoms in total. The molecule has 3 amide bonds. The maximum absolute atomic E-state index is 12.3. The lowest BCUT2D eigenvalue weighted by atomic mass is 10.1. The molecule has 2 rings (SSSR count). The van der Waals surface area contributed by atoms with Crippen molar-refractivity contribution in [2.75, 3.05) is 39.2 Å². The summed E-state index contributed by atoms with van der Waals surface area (Å²) in [5.41, 5.74) is 1.40. The number of rotatable bonds is 6. The molecule has 0 spiro atoms. The fourth-order valence-corrected chi connectivity index (χ4v) is 2.49. The molecule has 1 saturated heterocycles. The molecule has 7 heteroatoms. The predicted molar refractivity (Wildman–Crippen MR) is 91.0 cm³/mol. The molecule has 132 valence electrons. The van der Waals surface area contributed by atoms with Crippen LogP contribution in [0, 0.1) is 0 Å². The topological polar surface area (TPSA) is 79.9 Å². The standard InChI is InChI=1S/C17H25N3O4/c1-4-24-15-11-23-10-14(15)19-17(22)18-13-8-6-5-7-12(13)9-16(21)20(2)3/h5-8,14-15H,4,9-11H2,1-3H3,(H2,18,19,22)/t14-,15-/m0/s1. The van der Waals surface area contributed by atoms with Crippen LogP contribution in [0.5, 0.6) is 0 Å². The Hall–Kier alpha value is -2.12. The van der Waals surface area contributed by atoms with E-state index in [1.165, 1.54) is 4.90 Å². The molecular formula is C17H25N3O4. The van der Waals surface area contributed by atoms with E-state index in [1.807, 2.05) is 25.1 Å². The average Bonchev–Trinajstić information content (AvgIpc) is 2.96. The van der Waals surface area contributed by atoms with Crippen molar-refractivity contribution in [2.45, 2.75) is 25.5 Å². The van der Waals surface area contributed by atoms with Crippen LogP contribution in [0.4, 0.5) is 10.5 Å². The van der Waals surface area contributed by atoms with Crippen LogP contribution in [-0.4, -0.2) is 62.9 Å². The first-order chi connectivity index (χ1) is 11.5. The summed E-state index contributed by atoms with van der Waals surface area (Å²) >= 11 is 0. The first kappa shape index (κ1) is 18.2. The number of amides is 3. The summed E-state index contributed by atoms with van der Waals surface area (Å²) in [5, 5.41) is 5.68. The van der Waals surface area contributed by atoms with E-state index in [2.05, 4.69) is 10.6 Å². The van der Waals surface area contributed by atoms with Crippen molar-refractivity contribution in [1.29, 1.82) is 0 Å². The molecule has 1 heterocycles. The van der Waals surface area contributed by atoms with E-state index >= 15 is 0 Å². The fourth-order valence-electron chi connectivity index (χ4n) is 2.49. The lowest BCUT2D eigenvalue weighted by Crippen LogP contribution is -2.45. The average molecular weight is 335 g/mol. The molecule has 1 aromatic carbocycles. The molecule has 2 atom stereocenters. The van der Waals surface area contributed by atoms with Gasteiger partial charge in [0.2, 0.25) is 5.91 Å². The number of anilines is 1. The van der Waals surface area contributed by atoms with Crippen LogP contribution in [-0.2, 0) is 20.7 Å². The van der Waals surface area contributed by atoms with E-state index in [1.54, 1.807) is 20.2 Å². The molecule has 0 unspecified atom stereocenters. The Morgan fingerprint density at radius 3 is 2.75 bits per heavy atom. The van der Waals surface area contributed by atoms with Crippen LogP contribution in [0.1, 0.15) is 12.5 Å². The van der Waals surface area contributed by atoms with Gasteiger partial charge in [-0.05, 0) is 18.6 Å². The molecule has 1 aliphatic rings. The number of benzene rings is 1. The summed E-state index contributed by atoms with van der Waals surface area (Å²) in [6.45, 7) is 3.39. The number of hydrogen-bond donors (Lipinski definition) is 2. The van der Waals surface area contributed by atoms with E-state index in [0.717, 1.165) is 5.56 Å². The van der Waals surface area contributed by atoms with Crippen molar-refractivity contribution in [1.82, 2.24) is 10.2 Å². The van der Waals surface area contributed by atoms with E-state index < -0.39 is 0 Å². The Bertz CT molecular complexity index is 577. The first-order valence-electron chi connectivity index (χ1n) is 8.06. The highest BCUT2D eigenvalue weighted by molar-refractivity contribution is 5.91. The summed E-state index contributed by atoms with van der Waals surface area (Å²) in [6.07, 6.45) is 0.101. The van der Waals surface area contributed by atoms with Gasteiger partial charge in [-0.2, -0.15) is 0 Å². The summed E-state index contributed by atoms with van der Waals surface area (Å²) < 4.78 is 10.9. The zero-order valence-electron chi connectivity index (χ0n) is 14.4. The zero-order chi connectivity index (χ0) is 17.5. The van der Waals surface area contributed by atoms with Crippen LogP contribution in [0.2, 0.25) is 0 Å². The van der Waals surface area contributed by atoms with Crippen molar-refractivity contribution in [3.63, 3.8) is 0 Å². The molecule has 0 aromatic heterocycles. The summed E-state index contributed by atoms with van der Waals surface area (Å²) in [5.74, 6) is -0.0229. The van der Waals surface area contributed by atoms with Crippen LogP contribution >= 0.6 is 0 Å². The molecule has 0 aliphatic carbocycles. The number of para-hydroxylation sites is 1. The van der Waals surface area contributed by atoms with Crippen molar-refractivity contribution >= 4 is 17.6 Å². The number of hydrogen-bond acceptors (Lipinski definition) is 4. The molecule has 0 bridgehead atoms. The third-order valence-electron chi connectivity index (χ3n) is 3.83. The molecule has 1 aromatic rings. The summed E-state index contributed by atoms with van der Waals surface area (Å²) in [6, 6.07) is 6.76. The van der Waals surface area contributed by atoms with Crippen molar-refractivity contribution < 1.29 is 19.1 Å². The second-order valence-electron chi connectivity index (χ2n) is 5.86. The van der Waals surface area contributed by atoms with Gasteiger partial charge in [0.1, 0.15) is 6.10 Å². The lowest BCUT2D eigenvalue weighted by molar-refractivity contribution is -0.127. The minimum absolute atomic E-state index is 0.0229. The second kappa shape index (κ2) is 8.65. The Morgan fingerprint density at radius 1 is 1.29 bits per heavy atom. The van der Waals surface area contributed by atoms with Gasteiger partial charge >= 0.3 is 6.03 Å². The number of urea groups is 1. The Balaban J connectivity index is 1.97. The van der Waals surface area contributed by atoms with Crippen molar-refractivity contribution in [3.05, 3.63) is 29.8 Å². The van der Waals surface area contributed by atoms with Crippen LogP contribution in [0.15, 0.2) is 24.3 Å². The molecule has 24 heavy (non-hydrogen) atoms. The van der Waals surface area contributed by atoms with E-state index in [0.29, 0.717) is 25.5 Å². The van der Waals surface area contributed by atoms with Gasteiger partial charge in [0, 0.05) is 26.4 Å². The second-order valence-corrected chi connectivity index (χ2v) is 5.86. The van der Waals surface area contributed by atoms with Gasteiger partial charge < -0.3 is 25.0 Å². The van der Waals surface area contributed by atoms with Gasteiger partial charge in [-0.3, -0.25) is 4.79 Å². The Morgan fingerprint density at radius 2 is 2.04 bits per heavy atom. The number of nitrogens with zero attached hydrogens (tertiary/aromatic N) is 1. The van der Waals surface area contributed by atoms with Crippen molar-refractivity contribution in [3.8, 4) is 0 Å². The molecule has 1 fully saturated rings. The minimum atomic E-state index is -0.333. The van der Waals surface area contributed by atoms with Crippen molar-refractivity contribution in [2.24, 2.45) is 0 Å². The third kappa shape index (κ3) is 4.94. The predicted octanol–water partition coefficient (Wildman–Crippen LogP) is 1.24. The van der Waals surface area contributed by atoms with E-state index in [-0.39, 0.29) is 30.5 Å². The summed E-state index contributed by atoms with van der Waals surface area (Å²) in [4.78, 5) is 25.7. The first-order valence-corrected chi connectivity index (χ1v) is 8.06. The van der Waals surface area contributed by atoms with Gasteiger partial charge in [0.05, 0.1) is 25.7 Å². The number of likely N-dealkylation sites (N-methyl/N-ethyl adjacent to an activating group) is 1. The van der Waals surface area contributed by atoms with Crippen LogP contribution in [0.25, 0.3) is 0 Å². The van der Waals surface area contributed by atoms with Gasteiger partial charge in [-0.15, -0.1) is 0 Å². The van der Waals surface area contributed by atoms with Gasteiger partial charge in [-0.25, -0.2) is 4.79 Å². The van der Waals surface area contributed by atoms with Crippen LogP contribution in [0.3, 0.4) is 0 Å². The monoisotopic (exact) mass is 335 g/mol. The fraction of sp³-hybridized carbons (Fsp3) is 0.529.